The fourth-order valence-electron chi connectivity index (χ4n) is 1.38. The summed E-state index contributed by atoms with van der Waals surface area (Å²) in [6, 6.07) is 3.79. The van der Waals surface area contributed by atoms with Crippen LogP contribution in [-0.2, 0) is 0 Å². The molecule has 2 aromatic rings. The number of hydrogen-bond donors (Lipinski definition) is 1. The molecule has 84 valence electrons. The summed E-state index contributed by atoms with van der Waals surface area (Å²) in [6.45, 7) is 0. The summed E-state index contributed by atoms with van der Waals surface area (Å²) in [5.74, 6) is 1.18. The molecule has 6 heteroatoms. The van der Waals surface area contributed by atoms with Gasteiger partial charge in [-0.2, -0.15) is 0 Å². The quantitative estimate of drug-likeness (QED) is 0.909. The van der Waals surface area contributed by atoms with E-state index in [2.05, 4.69) is 36.8 Å². The second-order valence-electron chi connectivity index (χ2n) is 3.09. The van der Waals surface area contributed by atoms with Gasteiger partial charge in [0.2, 0.25) is 5.95 Å². The molecule has 1 aromatic carbocycles. The van der Waals surface area contributed by atoms with Crippen LogP contribution < -0.4 is 10.5 Å². The van der Waals surface area contributed by atoms with E-state index in [1.165, 1.54) is 0 Å². The van der Waals surface area contributed by atoms with Gasteiger partial charge in [0, 0.05) is 22.9 Å². The van der Waals surface area contributed by atoms with Crippen molar-refractivity contribution in [3.63, 3.8) is 0 Å². The van der Waals surface area contributed by atoms with Crippen molar-refractivity contribution in [1.29, 1.82) is 0 Å². The normalized spacial score (nSPS) is 10.4. The van der Waals surface area contributed by atoms with Crippen LogP contribution in [0.15, 0.2) is 33.5 Å². The van der Waals surface area contributed by atoms with Crippen LogP contribution in [0.4, 0.5) is 5.95 Å². The van der Waals surface area contributed by atoms with Crippen molar-refractivity contribution in [3.05, 3.63) is 33.5 Å². The molecule has 16 heavy (non-hydrogen) atoms. The Morgan fingerprint density at radius 1 is 1.31 bits per heavy atom. The molecule has 0 aliphatic heterocycles. The molecule has 0 aliphatic carbocycles. The zero-order chi connectivity index (χ0) is 11.7. The van der Waals surface area contributed by atoms with Crippen molar-refractivity contribution in [2.75, 3.05) is 12.8 Å². The highest BCUT2D eigenvalue weighted by molar-refractivity contribution is 9.11. The lowest BCUT2D eigenvalue weighted by atomic mass is 10.3. The Morgan fingerprint density at radius 2 is 2.06 bits per heavy atom. The molecule has 0 aliphatic rings. The van der Waals surface area contributed by atoms with Gasteiger partial charge in [-0.3, -0.25) is 4.57 Å². The third-order valence-electron chi connectivity index (χ3n) is 2.15. The molecular weight excluding hydrogens is 338 g/mol. The zero-order valence-electron chi connectivity index (χ0n) is 8.45. The maximum Gasteiger partial charge on any atom is 0.204 e. The number of methoxy groups -OCH3 is 1. The Morgan fingerprint density at radius 3 is 2.62 bits per heavy atom. The van der Waals surface area contributed by atoms with Gasteiger partial charge in [0.25, 0.3) is 0 Å². The molecule has 1 aromatic heterocycles. The maximum absolute atomic E-state index is 5.75. The average molecular weight is 347 g/mol. The van der Waals surface area contributed by atoms with Gasteiger partial charge in [-0.05, 0) is 37.9 Å². The molecule has 0 saturated carbocycles. The van der Waals surface area contributed by atoms with Gasteiger partial charge in [-0.25, -0.2) is 4.98 Å². The van der Waals surface area contributed by atoms with E-state index in [1.807, 2.05) is 12.1 Å². The van der Waals surface area contributed by atoms with E-state index < -0.39 is 0 Å². The van der Waals surface area contributed by atoms with Crippen molar-refractivity contribution < 1.29 is 4.74 Å². The second-order valence-corrected chi connectivity index (χ2v) is 4.80. The summed E-state index contributed by atoms with van der Waals surface area (Å²) in [5, 5.41) is 0. The maximum atomic E-state index is 5.75. The summed E-state index contributed by atoms with van der Waals surface area (Å²) >= 11 is 6.89. The molecule has 0 saturated heterocycles. The largest absolute Gasteiger partial charge is 0.495 e. The van der Waals surface area contributed by atoms with Crippen LogP contribution in [0, 0.1) is 0 Å². The first-order chi connectivity index (χ1) is 7.63. The molecule has 0 bridgehead atoms. The number of imidazole rings is 1. The average Bonchev–Trinajstić information content (AvgIpc) is 2.65. The highest BCUT2D eigenvalue weighted by Crippen LogP contribution is 2.34. The van der Waals surface area contributed by atoms with Crippen LogP contribution in [0.1, 0.15) is 0 Å². The topological polar surface area (TPSA) is 53.1 Å². The summed E-state index contributed by atoms with van der Waals surface area (Å²) < 4.78 is 8.80. The minimum atomic E-state index is 0.435. The second kappa shape index (κ2) is 4.47. The van der Waals surface area contributed by atoms with Gasteiger partial charge in [-0.1, -0.05) is 0 Å². The van der Waals surface area contributed by atoms with E-state index in [4.69, 9.17) is 10.5 Å². The van der Waals surface area contributed by atoms with Crippen molar-refractivity contribution in [2.24, 2.45) is 0 Å². The molecule has 0 spiro atoms. The lowest BCUT2D eigenvalue weighted by Gasteiger charge is -2.11. The van der Waals surface area contributed by atoms with Crippen molar-refractivity contribution in [1.82, 2.24) is 9.55 Å². The number of hydrogen-bond acceptors (Lipinski definition) is 3. The number of aromatic nitrogens is 2. The first-order valence-corrected chi connectivity index (χ1v) is 6.04. The van der Waals surface area contributed by atoms with Crippen molar-refractivity contribution >= 4 is 37.8 Å². The minimum Gasteiger partial charge on any atom is -0.495 e. The Labute approximate surface area is 110 Å². The summed E-state index contributed by atoms with van der Waals surface area (Å²) in [5.41, 5.74) is 6.63. The van der Waals surface area contributed by atoms with Crippen LogP contribution in [-0.4, -0.2) is 16.7 Å². The molecule has 0 atom stereocenters. The lowest BCUT2D eigenvalue weighted by Crippen LogP contribution is -2.01. The first-order valence-electron chi connectivity index (χ1n) is 4.45. The number of rotatable bonds is 2. The third kappa shape index (κ3) is 1.94. The van der Waals surface area contributed by atoms with Crippen LogP contribution in [0.3, 0.4) is 0 Å². The number of anilines is 1. The number of nitrogens with two attached hydrogens (primary N) is 1. The predicted molar refractivity (Wildman–Crippen MR) is 69.9 cm³/mol. The van der Waals surface area contributed by atoms with Gasteiger partial charge in [0.15, 0.2) is 0 Å². The molecular formula is C10H9Br2N3O. The molecule has 2 rings (SSSR count). The van der Waals surface area contributed by atoms with Crippen LogP contribution >= 0.6 is 31.9 Å². The lowest BCUT2D eigenvalue weighted by molar-refractivity contribution is 0.412. The van der Waals surface area contributed by atoms with Crippen molar-refractivity contribution in [2.45, 2.75) is 0 Å². The summed E-state index contributed by atoms with van der Waals surface area (Å²) in [7, 11) is 1.62. The monoisotopic (exact) mass is 345 g/mol. The first kappa shape index (κ1) is 11.5. The van der Waals surface area contributed by atoms with E-state index in [9.17, 15) is 0 Å². The summed E-state index contributed by atoms with van der Waals surface area (Å²) in [4.78, 5) is 3.98. The molecule has 0 radical (unpaired) electrons. The standard InChI is InChI=1S/C10H9Br2N3O/c1-16-9-5-8(6(11)4-7(9)12)15-3-2-14-10(15)13/h2-5H,1H3,(H2,13,14). The van der Waals surface area contributed by atoms with E-state index in [-0.39, 0.29) is 0 Å². The van der Waals surface area contributed by atoms with Crippen molar-refractivity contribution in [3.8, 4) is 11.4 Å². The van der Waals surface area contributed by atoms with Gasteiger partial charge >= 0.3 is 0 Å². The fraction of sp³-hybridized carbons (Fsp3) is 0.100. The van der Waals surface area contributed by atoms with Gasteiger partial charge in [0.05, 0.1) is 17.3 Å². The molecule has 0 unspecified atom stereocenters. The number of nitrogen functional groups attached to an aromatic ring is 1. The fourth-order valence-corrected chi connectivity index (χ4v) is 2.72. The van der Waals surface area contributed by atoms with Gasteiger partial charge < -0.3 is 10.5 Å². The highest BCUT2D eigenvalue weighted by Gasteiger charge is 2.10. The highest BCUT2D eigenvalue weighted by atomic mass is 79.9. The Kier molecular flexibility index (Phi) is 3.20. The SMILES string of the molecule is COc1cc(-n2ccnc2N)c(Br)cc1Br. The van der Waals surface area contributed by atoms with E-state index in [0.29, 0.717) is 5.95 Å². The molecule has 2 N–H and O–H groups in total. The van der Waals surface area contributed by atoms with Gasteiger partial charge in [0.1, 0.15) is 5.75 Å². The predicted octanol–water partition coefficient (Wildman–Crippen LogP) is 2.99. The van der Waals surface area contributed by atoms with E-state index >= 15 is 0 Å². The number of ether oxygens (including phenoxy) is 1. The smallest absolute Gasteiger partial charge is 0.204 e. The Bertz CT molecular complexity index is 525. The Balaban J connectivity index is 2.61. The minimum absolute atomic E-state index is 0.435. The molecule has 4 nitrogen and oxygen atoms in total. The number of halogens is 2. The third-order valence-corrected chi connectivity index (χ3v) is 3.41. The van der Waals surface area contributed by atoms with E-state index in [1.54, 1.807) is 24.1 Å². The van der Waals surface area contributed by atoms with Gasteiger partial charge in [-0.15, -0.1) is 0 Å². The van der Waals surface area contributed by atoms with E-state index in [0.717, 1.165) is 20.4 Å². The molecule has 0 amide bonds. The zero-order valence-corrected chi connectivity index (χ0v) is 11.6. The summed E-state index contributed by atoms with van der Waals surface area (Å²) in [6.07, 6.45) is 3.44. The molecule has 1 heterocycles. The number of nitrogens with zero attached hydrogens (tertiary/aromatic N) is 2. The molecule has 0 fully saturated rings. The van der Waals surface area contributed by atoms with Crippen LogP contribution in [0.25, 0.3) is 5.69 Å². The number of benzene rings is 1. The van der Waals surface area contributed by atoms with Crippen LogP contribution in [0.5, 0.6) is 5.75 Å². The Hall–Kier alpha value is -1.01. The van der Waals surface area contributed by atoms with Crippen LogP contribution in [0.2, 0.25) is 0 Å².